The third-order valence-electron chi connectivity index (χ3n) is 4.70. The van der Waals surface area contributed by atoms with E-state index in [1.807, 2.05) is 30.3 Å². The number of ether oxygens (including phenoxy) is 1. The Morgan fingerprint density at radius 1 is 1.04 bits per heavy atom. The van der Waals surface area contributed by atoms with Crippen molar-refractivity contribution in [3.63, 3.8) is 0 Å². The van der Waals surface area contributed by atoms with Crippen LogP contribution >= 0.6 is 12.2 Å². The number of aryl methyl sites for hydroxylation is 1. The molecule has 0 bridgehead atoms. The molecule has 2 aromatic carbocycles. The molecule has 1 fully saturated rings. The van der Waals surface area contributed by atoms with E-state index in [1.54, 1.807) is 0 Å². The van der Waals surface area contributed by atoms with Gasteiger partial charge in [-0.05, 0) is 67.4 Å². The van der Waals surface area contributed by atoms with Gasteiger partial charge >= 0.3 is 0 Å². The zero-order valence-electron chi connectivity index (χ0n) is 14.0. The Labute approximate surface area is 149 Å². The van der Waals surface area contributed by atoms with Gasteiger partial charge in [0.05, 0.1) is 5.54 Å². The van der Waals surface area contributed by atoms with Crippen LogP contribution in [0.1, 0.15) is 43.2 Å². The van der Waals surface area contributed by atoms with Crippen LogP contribution in [0.3, 0.4) is 0 Å². The summed E-state index contributed by atoms with van der Waals surface area (Å²) in [5, 5.41) is 3.73. The quantitative estimate of drug-likeness (QED) is 0.786. The standard InChI is InChI=1S/C20H24N2OS/c1-15-6-5-7-18(14-15)23-17-10-8-16(9-11-17)20(22-19(21)24)12-3-2-4-13-20/h5-11,14H,2-4,12-13H2,1H3,(H3,21,22,24). The molecule has 24 heavy (non-hydrogen) atoms. The summed E-state index contributed by atoms with van der Waals surface area (Å²) < 4.78 is 5.94. The van der Waals surface area contributed by atoms with Crippen LogP contribution in [-0.4, -0.2) is 5.11 Å². The Morgan fingerprint density at radius 2 is 1.75 bits per heavy atom. The third kappa shape index (κ3) is 3.88. The molecule has 1 aliphatic carbocycles. The average molecular weight is 340 g/mol. The van der Waals surface area contributed by atoms with Crippen LogP contribution in [0.4, 0.5) is 0 Å². The molecule has 0 amide bonds. The van der Waals surface area contributed by atoms with E-state index in [-0.39, 0.29) is 5.54 Å². The fourth-order valence-corrected chi connectivity index (χ4v) is 3.73. The van der Waals surface area contributed by atoms with Crippen LogP contribution in [0.25, 0.3) is 0 Å². The van der Waals surface area contributed by atoms with Crippen molar-refractivity contribution in [1.29, 1.82) is 0 Å². The number of rotatable bonds is 4. The number of nitrogens with one attached hydrogen (secondary N) is 1. The Balaban J connectivity index is 1.80. The summed E-state index contributed by atoms with van der Waals surface area (Å²) in [6.07, 6.45) is 5.77. The van der Waals surface area contributed by atoms with Crippen LogP contribution in [0.2, 0.25) is 0 Å². The molecule has 1 saturated carbocycles. The number of hydrogen-bond acceptors (Lipinski definition) is 2. The van der Waals surface area contributed by atoms with Crippen LogP contribution in [0.5, 0.6) is 11.5 Å². The van der Waals surface area contributed by atoms with E-state index in [2.05, 4.69) is 30.4 Å². The van der Waals surface area contributed by atoms with Crippen molar-refractivity contribution in [2.24, 2.45) is 5.73 Å². The summed E-state index contributed by atoms with van der Waals surface area (Å²) >= 11 is 5.11. The molecule has 0 spiro atoms. The fourth-order valence-electron chi connectivity index (χ4n) is 3.53. The molecule has 0 aliphatic heterocycles. The lowest BCUT2D eigenvalue weighted by molar-refractivity contribution is 0.270. The highest BCUT2D eigenvalue weighted by Gasteiger charge is 2.34. The van der Waals surface area contributed by atoms with Crippen molar-refractivity contribution in [2.75, 3.05) is 0 Å². The smallest absolute Gasteiger partial charge is 0.164 e. The second-order valence-corrected chi connectivity index (χ2v) is 7.01. The van der Waals surface area contributed by atoms with E-state index in [0.29, 0.717) is 5.11 Å². The van der Waals surface area contributed by atoms with Gasteiger partial charge in [0.2, 0.25) is 0 Å². The van der Waals surface area contributed by atoms with Crippen molar-refractivity contribution < 1.29 is 4.74 Å². The molecule has 0 radical (unpaired) electrons. The van der Waals surface area contributed by atoms with Gasteiger partial charge in [0.1, 0.15) is 11.5 Å². The predicted molar refractivity (Wildman–Crippen MR) is 102 cm³/mol. The van der Waals surface area contributed by atoms with Gasteiger partial charge in [-0.1, -0.05) is 43.5 Å². The molecular weight excluding hydrogens is 316 g/mol. The van der Waals surface area contributed by atoms with Crippen LogP contribution < -0.4 is 15.8 Å². The maximum atomic E-state index is 5.94. The van der Waals surface area contributed by atoms with Crippen LogP contribution in [0.15, 0.2) is 48.5 Å². The monoisotopic (exact) mass is 340 g/mol. The molecule has 1 aliphatic rings. The zero-order valence-corrected chi connectivity index (χ0v) is 14.9. The highest BCUT2D eigenvalue weighted by molar-refractivity contribution is 7.80. The minimum Gasteiger partial charge on any atom is -0.457 e. The maximum Gasteiger partial charge on any atom is 0.164 e. The van der Waals surface area contributed by atoms with E-state index in [1.165, 1.54) is 30.4 Å². The lowest BCUT2D eigenvalue weighted by Crippen LogP contribution is -2.49. The molecule has 0 saturated heterocycles. The average Bonchev–Trinajstić information content (AvgIpc) is 2.56. The van der Waals surface area contributed by atoms with Crippen molar-refractivity contribution in [3.8, 4) is 11.5 Å². The van der Waals surface area contributed by atoms with Gasteiger partial charge < -0.3 is 15.8 Å². The highest BCUT2D eigenvalue weighted by atomic mass is 32.1. The Kier molecular flexibility index (Phi) is 5.05. The van der Waals surface area contributed by atoms with Crippen molar-refractivity contribution in [2.45, 2.75) is 44.6 Å². The van der Waals surface area contributed by atoms with Gasteiger partial charge in [-0.2, -0.15) is 0 Å². The van der Waals surface area contributed by atoms with E-state index in [4.69, 9.17) is 22.7 Å². The molecule has 0 heterocycles. The molecule has 0 atom stereocenters. The highest BCUT2D eigenvalue weighted by Crippen LogP contribution is 2.38. The number of thiocarbonyl (C=S) groups is 1. The zero-order chi connectivity index (χ0) is 17.0. The lowest BCUT2D eigenvalue weighted by atomic mass is 9.76. The van der Waals surface area contributed by atoms with Crippen LogP contribution in [0, 0.1) is 6.92 Å². The first kappa shape index (κ1) is 16.8. The maximum absolute atomic E-state index is 5.94. The first-order chi connectivity index (χ1) is 11.6. The minimum absolute atomic E-state index is 0.133. The second kappa shape index (κ2) is 7.22. The summed E-state index contributed by atoms with van der Waals surface area (Å²) in [4.78, 5) is 0. The van der Waals surface area contributed by atoms with Gasteiger partial charge in [0, 0.05) is 0 Å². The van der Waals surface area contributed by atoms with Gasteiger partial charge in [-0.25, -0.2) is 0 Å². The van der Waals surface area contributed by atoms with Crippen molar-refractivity contribution in [1.82, 2.24) is 5.32 Å². The molecule has 126 valence electrons. The van der Waals surface area contributed by atoms with E-state index < -0.39 is 0 Å². The normalized spacial score (nSPS) is 16.4. The number of nitrogens with two attached hydrogens (primary N) is 1. The molecule has 4 heteroatoms. The third-order valence-corrected chi connectivity index (χ3v) is 4.80. The van der Waals surface area contributed by atoms with E-state index in [0.717, 1.165) is 24.3 Å². The van der Waals surface area contributed by atoms with Gasteiger partial charge in [0.15, 0.2) is 5.11 Å². The first-order valence-corrected chi connectivity index (χ1v) is 8.91. The Bertz CT molecular complexity index is 706. The summed E-state index contributed by atoms with van der Waals surface area (Å²) in [7, 11) is 0. The second-order valence-electron chi connectivity index (χ2n) is 6.57. The van der Waals surface area contributed by atoms with Gasteiger partial charge in [0.25, 0.3) is 0 Å². The molecule has 2 aromatic rings. The van der Waals surface area contributed by atoms with E-state index >= 15 is 0 Å². The lowest BCUT2D eigenvalue weighted by Gasteiger charge is -2.39. The summed E-state index contributed by atoms with van der Waals surface area (Å²) in [5.41, 5.74) is 8.07. The Morgan fingerprint density at radius 3 is 2.38 bits per heavy atom. The topological polar surface area (TPSA) is 47.3 Å². The van der Waals surface area contributed by atoms with Gasteiger partial charge in [-0.3, -0.25) is 0 Å². The minimum atomic E-state index is -0.133. The summed E-state index contributed by atoms with van der Waals surface area (Å²) in [5.74, 6) is 1.70. The molecule has 0 unspecified atom stereocenters. The molecule has 3 nitrogen and oxygen atoms in total. The SMILES string of the molecule is Cc1cccc(Oc2ccc(C3(NC(N)=S)CCCCC3)cc2)c1. The van der Waals surface area contributed by atoms with Crippen molar-refractivity contribution in [3.05, 3.63) is 59.7 Å². The van der Waals surface area contributed by atoms with Crippen molar-refractivity contribution >= 4 is 17.3 Å². The summed E-state index contributed by atoms with van der Waals surface area (Å²) in [6, 6.07) is 16.4. The fraction of sp³-hybridized carbons (Fsp3) is 0.350. The summed E-state index contributed by atoms with van der Waals surface area (Å²) in [6.45, 7) is 2.06. The predicted octanol–water partition coefficient (Wildman–Crippen LogP) is 4.78. The molecule has 3 rings (SSSR count). The first-order valence-electron chi connectivity index (χ1n) is 8.50. The number of hydrogen-bond donors (Lipinski definition) is 2. The van der Waals surface area contributed by atoms with Crippen LogP contribution in [-0.2, 0) is 5.54 Å². The molecular formula is C20H24N2OS. The van der Waals surface area contributed by atoms with Gasteiger partial charge in [-0.15, -0.1) is 0 Å². The molecule has 0 aromatic heterocycles. The van der Waals surface area contributed by atoms with E-state index in [9.17, 15) is 0 Å². The number of benzene rings is 2. The largest absolute Gasteiger partial charge is 0.457 e. The Hall–Kier alpha value is -2.07. The molecule has 3 N–H and O–H groups in total.